The normalized spacial score (nSPS) is 11.6. The van der Waals surface area contributed by atoms with Crippen molar-refractivity contribution >= 4 is 64.7 Å². The molecule has 35 heavy (non-hydrogen) atoms. The van der Waals surface area contributed by atoms with E-state index in [9.17, 15) is 0 Å². The van der Waals surface area contributed by atoms with Gasteiger partial charge >= 0.3 is 0 Å². The molecule has 0 fully saturated rings. The molecule has 5 heteroatoms. The average molecular weight is 585 g/mol. The van der Waals surface area contributed by atoms with Crippen LogP contribution in [0.3, 0.4) is 0 Å². The lowest BCUT2D eigenvalue weighted by atomic mass is 10.0. The molecular weight excluding hydrogens is 562 g/mol. The molecule has 0 spiro atoms. The van der Waals surface area contributed by atoms with Crippen LogP contribution in [0.15, 0.2) is 93.9 Å². The van der Waals surface area contributed by atoms with Crippen LogP contribution in [0.5, 0.6) is 0 Å². The van der Waals surface area contributed by atoms with E-state index in [2.05, 4.69) is 97.9 Å². The fourth-order valence-corrected chi connectivity index (χ4v) is 5.65. The molecule has 0 aliphatic rings. The summed E-state index contributed by atoms with van der Waals surface area (Å²) in [6, 6.07) is 29.8. The fraction of sp³-hybridized carbons (Fsp3) is 0.133. The zero-order valence-corrected chi connectivity index (χ0v) is 22.5. The minimum Gasteiger partial charge on any atom is -0.340 e. The number of halogens is 2. The van der Waals surface area contributed by atoms with Crippen molar-refractivity contribution in [1.82, 2.24) is 14.5 Å². The minimum atomic E-state index is 0.847. The number of rotatable bonds is 5. The number of para-hydroxylation sites is 1. The van der Waals surface area contributed by atoms with Crippen molar-refractivity contribution in [3.8, 4) is 22.5 Å². The summed E-state index contributed by atoms with van der Waals surface area (Å²) in [7, 11) is 0. The Morgan fingerprint density at radius 2 is 1.29 bits per heavy atom. The van der Waals surface area contributed by atoms with E-state index in [1.54, 1.807) is 0 Å². The van der Waals surface area contributed by atoms with Crippen LogP contribution in [0.25, 0.3) is 55.4 Å². The van der Waals surface area contributed by atoms with E-state index < -0.39 is 0 Å². The molecule has 0 N–H and O–H groups in total. The topological polar surface area (TPSA) is 30.7 Å². The summed E-state index contributed by atoms with van der Waals surface area (Å²) in [6.07, 6.45) is 2.33. The predicted molar refractivity (Wildman–Crippen MR) is 154 cm³/mol. The van der Waals surface area contributed by atoms with E-state index in [1.807, 2.05) is 30.3 Å². The van der Waals surface area contributed by atoms with E-state index in [0.29, 0.717) is 0 Å². The standard InChI is InChI=1S/C30H23Br2N3/c1-2-3-17-35-25-12-8-7-11-21(25)22-18-20(13-16-26(22)35)28-27(19-9-5-4-6-10-19)33-29-23(31)14-15-24(32)30(29)34-28/h4-16,18H,2-3,17H2,1H3. The average Bonchev–Trinajstić information content (AvgIpc) is 3.22. The minimum absolute atomic E-state index is 0.847. The van der Waals surface area contributed by atoms with Gasteiger partial charge in [-0.1, -0.05) is 67.9 Å². The number of fused-ring (bicyclic) bond motifs is 4. The van der Waals surface area contributed by atoms with Gasteiger partial charge in [-0.05, 0) is 68.6 Å². The first-order valence-electron chi connectivity index (χ1n) is 11.9. The highest BCUT2D eigenvalue weighted by Gasteiger charge is 2.18. The van der Waals surface area contributed by atoms with Crippen LogP contribution in [-0.4, -0.2) is 14.5 Å². The Hall–Kier alpha value is -3.02. The highest BCUT2D eigenvalue weighted by atomic mass is 79.9. The molecule has 2 aromatic heterocycles. The molecule has 0 radical (unpaired) electrons. The first-order chi connectivity index (χ1) is 17.2. The molecule has 0 bridgehead atoms. The molecule has 0 saturated carbocycles. The summed E-state index contributed by atoms with van der Waals surface area (Å²) in [5.74, 6) is 0. The highest BCUT2D eigenvalue weighted by molar-refractivity contribution is 9.11. The lowest BCUT2D eigenvalue weighted by molar-refractivity contribution is 0.665. The van der Waals surface area contributed by atoms with Crippen molar-refractivity contribution in [2.45, 2.75) is 26.3 Å². The summed E-state index contributed by atoms with van der Waals surface area (Å²) in [4.78, 5) is 10.3. The molecule has 0 aliphatic carbocycles. The molecule has 3 nitrogen and oxygen atoms in total. The maximum atomic E-state index is 5.18. The molecule has 2 heterocycles. The predicted octanol–water partition coefficient (Wildman–Crippen LogP) is 9.40. The van der Waals surface area contributed by atoms with E-state index in [4.69, 9.17) is 9.97 Å². The van der Waals surface area contributed by atoms with Crippen LogP contribution in [-0.2, 0) is 6.54 Å². The molecule has 4 aromatic carbocycles. The van der Waals surface area contributed by atoms with Gasteiger partial charge in [-0.25, -0.2) is 9.97 Å². The molecule has 6 aromatic rings. The summed E-state index contributed by atoms with van der Waals surface area (Å²) in [5, 5.41) is 2.53. The Morgan fingerprint density at radius 1 is 0.657 bits per heavy atom. The molecule has 0 aliphatic heterocycles. The van der Waals surface area contributed by atoms with Gasteiger partial charge in [0.15, 0.2) is 0 Å². The summed E-state index contributed by atoms with van der Waals surface area (Å²) in [5.41, 5.74) is 8.12. The van der Waals surface area contributed by atoms with Crippen molar-refractivity contribution in [3.63, 3.8) is 0 Å². The second-order valence-electron chi connectivity index (χ2n) is 8.77. The van der Waals surface area contributed by atoms with Crippen LogP contribution in [0, 0.1) is 0 Å². The van der Waals surface area contributed by atoms with Crippen molar-refractivity contribution < 1.29 is 0 Å². The van der Waals surface area contributed by atoms with Gasteiger partial charge in [-0.15, -0.1) is 0 Å². The molecular formula is C30H23Br2N3. The van der Waals surface area contributed by atoms with Crippen molar-refractivity contribution in [3.05, 3.63) is 93.9 Å². The zero-order valence-electron chi connectivity index (χ0n) is 19.3. The monoisotopic (exact) mass is 583 g/mol. The Bertz CT molecular complexity index is 1700. The van der Waals surface area contributed by atoms with Crippen LogP contribution < -0.4 is 0 Å². The van der Waals surface area contributed by atoms with Gasteiger partial charge < -0.3 is 4.57 Å². The number of aromatic nitrogens is 3. The molecule has 0 amide bonds. The Morgan fingerprint density at radius 3 is 2.00 bits per heavy atom. The van der Waals surface area contributed by atoms with Gasteiger partial charge in [-0.2, -0.15) is 0 Å². The Labute approximate surface area is 221 Å². The van der Waals surface area contributed by atoms with Crippen molar-refractivity contribution in [2.24, 2.45) is 0 Å². The number of hydrogen-bond donors (Lipinski definition) is 0. The smallest absolute Gasteiger partial charge is 0.105 e. The molecule has 6 rings (SSSR count). The number of hydrogen-bond acceptors (Lipinski definition) is 2. The SMILES string of the molecule is CCCCn1c2ccccc2c2cc(-c3nc4c(Br)ccc(Br)c4nc3-c3ccccc3)ccc21. The first-order valence-corrected chi connectivity index (χ1v) is 13.5. The molecule has 0 atom stereocenters. The van der Waals surface area contributed by atoms with Gasteiger partial charge in [0.05, 0.1) is 11.4 Å². The highest BCUT2D eigenvalue weighted by Crippen LogP contribution is 2.38. The third kappa shape index (κ3) is 3.87. The fourth-order valence-electron chi connectivity index (χ4n) is 4.83. The van der Waals surface area contributed by atoms with Crippen LogP contribution in [0.4, 0.5) is 0 Å². The van der Waals surface area contributed by atoms with Crippen molar-refractivity contribution in [2.75, 3.05) is 0 Å². The van der Waals surface area contributed by atoms with Gasteiger partial charge in [-0.3, -0.25) is 0 Å². The number of unbranched alkanes of at least 4 members (excludes halogenated alkanes) is 1. The first kappa shape index (κ1) is 22.4. The lowest BCUT2D eigenvalue weighted by Crippen LogP contribution is -1.98. The van der Waals surface area contributed by atoms with E-state index in [0.717, 1.165) is 55.5 Å². The number of nitrogens with zero attached hydrogens (tertiary/aromatic N) is 3. The Kier molecular flexibility index (Phi) is 5.91. The lowest BCUT2D eigenvalue weighted by Gasteiger charge is -2.13. The molecule has 0 unspecified atom stereocenters. The third-order valence-electron chi connectivity index (χ3n) is 6.55. The van der Waals surface area contributed by atoms with Crippen LogP contribution in [0.1, 0.15) is 19.8 Å². The maximum Gasteiger partial charge on any atom is 0.105 e. The summed E-state index contributed by atoms with van der Waals surface area (Å²) in [6.45, 7) is 3.26. The van der Waals surface area contributed by atoms with Crippen LogP contribution in [0.2, 0.25) is 0 Å². The second-order valence-corrected chi connectivity index (χ2v) is 10.5. The Balaban J connectivity index is 1.65. The zero-order chi connectivity index (χ0) is 23.9. The van der Waals surface area contributed by atoms with E-state index in [-0.39, 0.29) is 0 Å². The largest absolute Gasteiger partial charge is 0.340 e. The second kappa shape index (κ2) is 9.21. The number of benzene rings is 4. The maximum absolute atomic E-state index is 5.18. The molecule has 0 saturated heterocycles. The van der Waals surface area contributed by atoms with E-state index >= 15 is 0 Å². The number of aryl methyl sites for hydroxylation is 1. The quantitative estimate of drug-likeness (QED) is 0.202. The third-order valence-corrected chi connectivity index (χ3v) is 7.83. The van der Waals surface area contributed by atoms with E-state index in [1.165, 1.54) is 28.2 Å². The van der Waals surface area contributed by atoms with Crippen molar-refractivity contribution in [1.29, 1.82) is 0 Å². The van der Waals surface area contributed by atoms with Gasteiger partial charge in [0.25, 0.3) is 0 Å². The molecule has 172 valence electrons. The van der Waals surface area contributed by atoms with Gasteiger partial charge in [0.2, 0.25) is 0 Å². The van der Waals surface area contributed by atoms with Crippen LogP contribution >= 0.6 is 31.9 Å². The van der Waals surface area contributed by atoms with Gasteiger partial charge in [0.1, 0.15) is 11.0 Å². The van der Waals surface area contributed by atoms with Gasteiger partial charge in [0, 0.05) is 48.4 Å². The summed E-state index contributed by atoms with van der Waals surface area (Å²) >= 11 is 7.37. The summed E-state index contributed by atoms with van der Waals surface area (Å²) < 4.78 is 4.32.